The lowest BCUT2D eigenvalue weighted by Gasteiger charge is -2.33. The fourth-order valence-electron chi connectivity index (χ4n) is 4.30. The van der Waals surface area contributed by atoms with Gasteiger partial charge in [0.25, 0.3) is 5.56 Å². The van der Waals surface area contributed by atoms with E-state index in [1.54, 1.807) is 24.3 Å². The normalized spacial score (nSPS) is 16.7. The maximum atomic E-state index is 13.6. The molecule has 3 aromatic rings. The number of likely N-dealkylation sites (tertiary alicyclic amines) is 1. The molecule has 0 aliphatic carbocycles. The van der Waals surface area contributed by atoms with E-state index >= 15 is 0 Å². The Morgan fingerprint density at radius 3 is 2.63 bits per heavy atom. The van der Waals surface area contributed by atoms with Crippen molar-refractivity contribution >= 4 is 38.6 Å². The average Bonchev–Trinajstić information content (AvgIpc) is 2.83. The highest BCUT2D eigenvalue weighted by Gasteiger charge is 2.25. The molecule has 0 unspecified atom stereocenters. The highest BCUT2D eigenvalue weighted by molar-refractivity contribution is 7.99. The van der Waals surface area contributed by atoms with Gasteiger partial charge in [0.2, 0.25) is 15.9 Å². The van der Waals surface area contributed by atoms with Crippen LogP contribution in [0.5, 0.6) is 0 Å². The number of carbonyl (C=O) groups excluding carboxylic acids is 1. The highest BCUT2D eigenvalue weighted by atomic mass is 32.2. The van der Waals surface area contributed by atoms with Gasteiger partial charge in [0.05, 0.1) is 27.2 Å². The van der Waals surface area contributed by atoms with Crippen molar-refractivity contribution in [1.82, 2.24) is 18.8 Å². The van der Waals surface area contributed by atoms with Crippen molar-refractivity contribution < 1.29 is 13.2 Å². The predicted molar refractivity (Wildman–Crippen MR) is 139 cm³/mol. The van der Waals surface area contributed by atoms with Crippen LogP contribution >= 0.6 is 11.8 Å². The van der Waals surface area contributed by atoms with Crippen LogP contribution in [0.25, 0.3) is 16.6 Å². The Balaban J connectivity index is 1.82. The van der Waals surface area contributed by atoms with E-state index in [9.17, 15) is 18.0 Å². The molecule has 1 aliphatic rings. The summed E-state index contributed by atoms with van der Waals surface area (Å²) in [5.74, 6) is 0.154. The Hall–Kier alpha value is -2.69. The van der Waals surface area contributed by atoms with Crippen LogP contribution < -0.4 is 5.56 Å². The Kier molecular flexibility index (Phi) is 7.35. The maximum Gasteiger partial charge on any atom is 0.266 e. The zero-order valence-corrected chi connectivity index (χ0v) is 22.0. The number of fused-ring (bicyclic) bond motifs is 1. The Morgan fingerprint density at radius 1 is 1.17 bits per heavy atom. The molecule has 0 spiro atoms. The molecule has 186 valence electrons. The number of sulfonamides is 1. The van der Waals surface area contributed by atoms with Crippen molar-refractivity contribution in [2.75, 3.05) is 26.4 Å². The molecular weight excluding hydrogens is 484 g/mol. The lowest BCUT2D eigenvalue weighted by molar-refractivity contribution is -0.131. The van der Waals surface area contributed by atoms with E-state index in [0.29, 0.717) is 21.7 Å². The number of benzene rings is 2. The summed E-state index contributed by atoms with van der Waals surface area (Å²) in [6, 6.07) is 11.9. The van der Waals surface area contributed by atoms with E-state index in [4.69, 9.17) is 4.98 Å². The lowest BCUT2D eigenvalue weighted by atomic mass is 10.0. The van der Waals surface area contributed by atoms with Gasteiger partial charge < -0.3 is 4.90 Å². The number of rotatable bonds is 6. The first-order valence-electron chi connectivity index (χ1n) is 11.6. The van der Waals surface area contributed by atoms with E-state index in [0.717, 1.165) is 35.7 Å². The molecule has 1 aliphatic heterocycles. The van der Waals surface area contributed by atoms with E-state index < -0.39 is 10.0 Å². The van der Waals surface area contributed by atoms with E-state index in [1.807, 2.05) is 17.9 Å². The molecule has 4 rings (SSSR count). The highest BCUT2D eigenvalue weighted by Crippen LogP contribution is 2.27. The van der Waals surface area contributed by atoms with Crippen LogP contribution in [-0.2, 0) is 14.8 Å². The molecule has 1 atom stereocenters. The number of amides is 1. The number of aromatic nitrogens is 2. The molecule has 8 nitrogen and oxygen atoms in total. The summed E-state index contributed by atoms with van der Waals surface area (Å²) < 4.78 is 28.2. The molecule has 2 aromatic carbocycles. The minimum atomic E-state index is -3.71. The Labute approximate surface area is 210 Å². The van der Waals surface area contributed by atoms with Gasteiger partial charge in [-0.15, -0.1) is 0 Å². The standard InChI is InChI=1S/C25H30N4O4S2/c1-17-12-13-19(35(32,33)27(3)4)15-22(17)29-24(31)20-10-5-6-11-21(20)26-25(29)34-16-23(30)28-14-8-7-9-18(28)2/h5-6,10-13,15,18H,7-9,14,16H2,1-4H3/t18-/m1/s1. The van der Waals surface area contributed by atoms with E-state index in [2.05, 4.69) is 6.92 Å². The van der Waals surface area contributed by atoms with Crippen molar-refractivity contribution in [3.8, 4) is 5.69 Å². The van der Waals surface area contributed by atoms with E-state index in [-0.39, 0.29) is 28.2 Å². The molecule has 35 heavy (non-hydrogen) atoms. The first-order chi connectivity index (χ1) is 16.6. The van der Waals surface area contributed by atoms with Gasteiger partial charge in [0.15, 0.2) is 5.16 Å². The minimum Gasteiger partial charge on any atom is -0.339 e. The number of thioether (sulfide) groups is 1. The van der Waals surface area contributed by atoms with Gasteiger partial charge in [-0.25, -0.2) is 17.7 Å². The van der Waals surface area contributed by atoms with Crippen molar-refractivity contribution in [3.63, 3.8) is 0 Å². The second-order valence-electron chi connectivity index (χ2n) is 9.01. The SMILES string of the molecule is Cc1ccc(S(=O)(=O)N(C)C)cc1-n1c(SCC(=O)N2CCCC[C@H]2C)nc2ccccc2c1=O. The zero-order chi connectivity index (χ0) is 25.3. The van der Waals surface area contributed by atoms with Gasteiger partial charge in [-0.2, -0.15) is 0 Å². The molecule has 0 saturated carbocycles. The third-order valence-corrected chi connectivity index (χ3v) is 9.13. The van der Waals surface area contributed by atoms with Gasteiger partial charge in [0.1, 0.15) is 0 Å². The van der Waals surface area contributed by atoms with Crippen molar-refractivity contribution in [1.29, 1.82) is 0 Å². The van der Waals surface area contributed by atoms with Crippen LogP contribution in [0.1, 0.15) is 31.7 Å². The smallest absolute Gasteiger partial charge is 0.266 e. The summed E-state index contributed by atoms with van der Waals surface area (Å²) >= 11 is 1.20. The van der Waals surface area contributed by atoms with Crippen LogP contribution in [0.15, 0.2) is 57.3 Å². The van der Waals surface area contributed by atoms with Crippen LogP contribution in [0, 0.1) is 6.92 Å². The molecule has 1 aromatic heterocycles. The molecule has 10 heteroatoms. The molecule has 1 saturated heterocycles. The number of para-hydroxylation sites is 1. The predicted octanol–water partition coefficient (Wildman–Crippen LogP) is 3.44. The molecule has 2 heterocycles. The third-order valence-electron chi connectivity index (χ3n) is 6.39. The van der Waals surface area contributed by atoms with Gasteiger partial charge in [0, 0.05) is 26.7 Å². The zero-order valence-electron chi connectivity index (χ0n) is 20.4. The summed E-state index contributed by atoms with van der Waals surface area (Å²) in [4.78, 5) is 33.4. The maximum absolute atomic E-state index is 13.6. The van der Waals surface area contributed by atoms with Gasteiger partial charge in [-0.05, 0) is 62.9 Å². The third kappa shape index (κ3) is 5.00. The van der Waals surface area contributed by atoms with Gasteiger partial charge in [-0.1, -0.05) is 30.0 Å². The lowest BCUT2D eigenvalue weighted by Crippen LogP contribution is -2.43. The molecule has 1 amide bonds. The minimum absolute atomic E-state index is 0.0109. The summed E-state index contributed by atoms with van der Waals surface area (Å²) in [5.41, 5.74) is 1.38. The van der Waals surface area contributed by atoms with Crippen molar-refractivity contribution in [3.05, 3.63) is 58.4 Å². The first kappa shape index (κ1) is 25.4. The fraction of sp³-hybridized carbons (Fsp3) is 0.400. The van der Waals surface area contributed by atoms with Crippen molar-refractivity contribution in [2.45, 2.75) is 49.2 Å². The molecular formula is C25H30N4O4S2. The summed E-state index contributed by atoms with van der Waals surface area (Å²) in [6.07, 6.45) is 3.10. The van der Waals surface area contributed by atoms with Crippen LogP contribution in [0.2, 0.25) is 0 Å². The monoisotopic (exact) mass is 514 g/mol. The van der Waals surface area contributed by atoms with Gasteiger partial charge in [-0.3, -0.25) is 14.2 Å². The summed E-state index contributed by atoms with van der Waals surface area (Å²) in [7, 11) is -0.778. The molecule has 0 bridgehead atoms. The van der Waals surface area contributed by atoms with Crippen LogP contribution in [0.3, 0.4) is 0 Å². The molecule has 1 fully saturated rings. The molecule has 0 N–H and O–H groups in total. The number of carbonyl (C=O) groups is 1. The largest absolute Gasteiger partial charge is 0.339 e. The first-order valence-corrected chi connectivity index (χ1v) is 14.0. The number of nitrogens with zero attached hydrogens (tertiary/aromatic N) is 4. The number of hydrogen-bond acceptors (Lipinski definition) is 6. The second-order valence-corrected chi connectivity index (χ2v) is 12.1. The van der Waals surface area contributed by atoms with Crippen molar-refractivity contribution in [2.24, 2.45) is 0 Å². The van der Waals surface area contributed by atoms with E-state index in [1.165, 1.54) is 42.6 Å². The number of aryl methyl sites for hydroxylation is 1. The van der Waals surface area contributed by atoms with Gasteiger partial charge >= 0.3 is 0 Å². The Morgan fingerprint density at radius 2 is 1.91 bits per heavy atom. The Bertz CT molecular complexity index is 1430. The quantitative estimate of drug-likeness (QED) is 0.370. The van der Waals surface area contributed by atoms with Crippen LogP contribution in [-0.4, -0.2) is 65.5 Å². The summed E-state index contributed by atoms with van der Waals surface area (Å²) in [6.45, 7) is 4.62. The topological polar surface area (TPSA) is 92.6 Å². The number of piperidine rings is 1. The molecule has 0 radical (unpaired) electrons. The second kappa shape index (κ2) is 10.1. The average molecular weight is 515 g/mol. The van der Waals surface area contributed by atoms with Crippen LogP contribution in [0.4, 0.5) is 0 Å². The fourth-order valence-corrected chi connectivity index (χ4v) is 6.11. The summed E-state index contributed by atoms with van der Waals surface area (Å²) in [5, 5.41) is 0.780. The number of hydrogen-bond donors (Lipinski definition) is 0.